The number of nitrogens with one attached hydrogen (secondary N) is 1. The van der Waals surface area contributed by atoms with Crippen LogP contribution in [0, 0.1) is 0 Å². The molecule has 33 heavy (non-hydrogen) atoms. The number of anilines is 1. The van der Waals surface area contributed by atoms with E-state index in [2.05, 4.69) is 5.32 Å². The predicted molar refractivity (Wildman–Crippen MR) is 126 cm³/mol. The van der Waals surface area contributed by atoms with Crippen molar-refractivity contribution < 1.29 is 19.1 Å². The summed E-state index contributed by atoms with van der Waals surface area (Å²) in [6, 6.07) is 25.3. The molecule has 0 spiro atoms. The number of fused-ring (bicyclic) bond motifs is 1. The number of nitrogens with zero attached hydrogens (tertiary/aromatic N) is 1. The van der Waals surface area contributed by atoms with Crippen molar-refractivity contribution in [1.29, 1.82) is 0 Å². The molecular weight excluding hydrogens is 416 g/mol. The van der Waals surface area contributed by atoms with Gasteiger partial charge in [0.15, 0.2) is 6.61 Å². The molecule has 0 aromatic heterocycles. The summed E-state index contributed by atoms with van der Waals surface area (Å²) < 4.78 is 5.34. The van der Waals surface area contributed by atoms with E-state index in [1.165, 1.54) is 0 Å². The molecule has 0 aliphatic carbocycles. The summed E-state index contributed by atoms with van der Waals surface area (Å²) in [7, 11) is 0. The minimum absolute atomic E-state index is 0.0100. The number of ether oxygens (including phenoxy) is 1. The summed E-state index contributed by atoms with van der Waals surface area (Å²) >= 11 is 0. The van der Waals surface area contributed by atoms with Crippen LogP contribution in [-0.4, -0.2) is 30.4 Å². The van der Waals surface area contributed by atoms with Gasteiger partial charge in [0, 0.05) is 17.3 Å². The number of para-hydroxylation sites is 1. The van der Waals surface area contributed by atoms with E-state index in [1.807, 2.05) is 67.6 Å². The molecule has 2 amide bonds. The molecule has 0 fully saturated rings. The Balaban J connectivity index is 1.40. The molecule has 1 aliphatic rings. The van der Waals surface area contributed by atoms with Gasteiger partial charge < -0.3 is 15.0 Å². The zero-order chi connectivity index (χ0) is 23.2. The first-order valence-electron chi connectivity index (χ1n) is 11.0. The molecule has 1 N–H and O–H groups in total. The largest absolute Gasteiger partial charge is 0.455 e. The number of rotatable bonds is 7. The lowest BCUT2D eigenvalue weighted by Crippen LogP contribution is -2.39. The van der Waals surface area contributed by atoms with E-state index in [1.54, 1.807) is 29.2 Å². The maximum absolute atomic E-state index is 12.8. The summed E-state index contributed by atoms with van der Waals surface area (Å²) in [5.41, 5.74) is 3.26. The fourth-order valence-corrected chi connectivity index (χ4v) is 4.15. The number of benzene rings is 3. The van der Waals surface area contributed by atoms with Gasteiger partial charge in [0.2, 0.25) is 0 Å². The van der Waals surface area contributed by atoms with E-state index in [9.17, 15) is 14.4 Å². The van der Waals surface area contributed by atoms with Crippen molar-refractivity contribution in [2.24, 2.45) is 0 Å². The number of hydrogen-bond donors (Lipinski definition) is 1. The van der Waals surface area contributed by atoms with Crippen LogP contribution in [0.2, 0.25) is 0 Å². The van der Waals surface area contributed by atoms with Crippen molar-refractivity contribution in [3.8, 4) is 0 Å². The highest BCUT2D eigenvalue weighted by molar-refractivity contribution is 5.98. The molecular formula is C27H26N2O4. The lowest BCUT2D eigenvalue weighted by atomic mass is 10.0. The summed E-state index contributed by atoms with van der Waals surface area (Å²) in [6.07, 6.45) is 0.694. The Bertz CT molecular complexity index is 1130. The second kappa shape index (κ2) is 10.1. The van der Waals surface area contributed by atoms with Gasteiger partial charge in [-0.25, -0.2) is 0 Å². The molecule has 6 heteroatoms. The Morgan fingerprint density at radius 1 is 0.939 bits per heavy atom. The molecule has 0 saturated carbocycles. The summed E-state index contributed by atoms with van der Waals surface area (Å²) in [5, 5.41) is 2.91. The van der Waals surface area contributed by atoms with Crippen LogP contribution >= 0.6 is 0 Å². The van der Waals surface area contributed by atoms with Gasteiger partial charge in [0.1, 0.15) is 0 Å². The quantitative estimate of drug-likeness (QED) is 0.560. The molecule has 168 valence electrons. The van der Waals surface area contributed by atoms with Gasteiger partial charge in [-0.15, -0.1) is 0 Å². The van der Waals surface area contributed by atoms with Crippen LogP contribution in [0.4, 0.5) is 5.69 Å². The topological polar surface area (TPSA) is 75.7 Å². The maximum atomic E-state index is 12.8. The Kier molecular flexibility index (Phi) is 6.83. The molecule has 0 bridgehead atoms. The van der Waals surface area contributed by atoms with Gasteiger partial charge in [-0.05, 0) is 42.7 Å². The van der Waals surface area contributed by atoms with E-state index in [0.717, 1.165) is 23.2 Å². The number of carbonyl (C=O) groups excluding carboxylic acids is 3. The molecule has 6 nitrogen and oxygen atoms in total. The number of carbonyl (C=O) groups is 3. The second-order valence-electron chi connectivity index (χ2n) is 8.11. The second-order valence-corrected chi connectivity index (χ2v) is 8.11. The van der Waals surface area contributed by atoms with Crippen molar-refractivity contribution in [3.63, 3.8) is 0 Å². The van der Waals surface area contributed by atoms with Crippen LogP contribution in [0.15, 0.2) is 84.9 Å². The van der Waals surface area contributed by atoms with Gasteiger partial charge in [-0.3, -0.25) is 14.4 Å². The lowest BCUT2D eigenvalue weighted by molar-refractivity contribution is -0.148. The van der Waals surface area contributed by atoms with E-state index >= 15 is 0 Å². The van der Waals surface area contributed by atoms with Gasteiger partial charge in [-0.2, -0.15) is 0 Å². The highest BCUT2D eigenvalue weighted by Gasteiger charge is 2.31. The molecule has 3 aromatic carbocycles. The fraction of sp³-hybridized carbons (Fsp3) is 0.222. The molecule has 3 aromatic rings. The van der Waals surface area contributed by atoms with Crippen LogP contribution in [0.5, 0.6) is 0 Å². The molecule has 2 atom stereocenters. The smallest absolute Gasteiger partial charge is 0.308 e. The van der Waals surface area contributed by atoms with Crippen LogP contribution in [-0.2, 0) is 20.7 Å². The van der Waals surface area contributed by atoms with Crippen molar-refractivity contribution in [3.05, 3.63) is 102 Å². The number of hydrogen-bond acceptors (Lipinski definition) is 4. The third-order valence-corrected chi connectivity index (χ3v) is 5.75. The number of esters is 1. The highest BCUT2D eigenvalue weighted by Crippen LogP contribution is 2.31. The highest BCUT2D eigenvalue weighted by atomic mass is 16.5. The third kappa shape index (κ3) is 5.29. The maximum Gasteiger partial charge on any atom is 0.308 e. The van der Waals surface area contributed by atoms with E-state index in [0.29, 0.717) is 5.56 Å². The Hall–Kier alpha value is -3.93. The van der Waals surface area contributed by atoms with Crippen molar-refractivity contribution >= 4 is 23.5 Å². The van der Waals surface area contributed by atoms with E-state index in [-0.39, 0.29) is 30.9 Å². The molecule has 2 unspecified atom stereocenters. The van der Waals surface area contributed by atoms with Crippen LogP contribution < -0.4 is 10.2 Å². The van der Waals surface area contributed by atoms with Crippen molar-refractivity contribution in [2.75, 3.05) is 11.5 Å². The molecule has 1 aliphatic heterocycles. The van der Waals surface area contributed by atoms with Gasteiger partial charge in [-0.1, -0.05) is 66.7 Å². The standard InChI is InChI=1S/C27H26N2O4/c1-19-16-22-14-8-9-15-24(22)29(19)25(30)18-33-26(31)17-23(20-10-4-2-5-11-20)28-27(32)21-12-6-3-7-13-21/h2-15,19,23H,16-18H2,1H3,(H,28,32). The Morgan fingerprint density at radius 3 is 2.30 bits per heavy atom. The van der Waals surface area contributed by atoms with Crippen LogP contribution in [0.1, 0.15) is 40.9 Å². The first-order chi connectivity index (χ1) is 16.0. The first kappa shape index (κ1) is 22.3. The van der Waals surface area contributed by atoms with Crippen molar-refractivity contribution in [2.45, 2.75) is 31.8 Å². The van der Waals surface area contributed by atoms with Gasteiger partial charge in [0.05, 0.1) is 12.5 Å². The Labute approximate surface area is 193 Å². The minimum atomic E-state index is -0.576. The average Bonchev–Trinajstić information content (AvgIpc) is 3.19. The van der Waals surface area contributed by atoms with Crippen LogP contribution in [0.3, 0.4) is 0 Å². The van der Waals surface area contributed by atoms with Gasteiger partial charge >= 0.3 is 5.97 Å². The minimum Gasteiger partial charge on any atom is -0.455 e. The average molecular weight is 443 g/mol. The monoisotopic (exact) mass is 442 g/mol. The first-order valence-corrected chi connectivity index (χ1v) is 11.0. The van der Waals surface area contributed by atoms with Crippen molar-refractivity contribution in [1.82, 2.24) is 5.32 Å². The number of amides is 2. The normalized spacial score (nSPS) is 15.4. The molecule has 0 radical (unpaired) electrons. The zero-order valence-electron chi connectivity index (χ0n) is 18.4. The lowest BCUT2D eigenvalue weighted by Gasteiger charge is -2.23. The van der Waals surface area contributed by atoms with Gasteiger partial charge in [0.25, 0.3) is 11.8 Å². The van der Waals surface area contributed by atoms with Crippen LogP contribution in [0.25, 0.3) is 0 Å². The zero-order valence-corrected chi connectivity index (χ0v) is 18.4. The summed E-state index contributed by atoms with van der Waals surface area (Å²) in [4.78, 5) is 39.8. The Morgan fingerprint density at radius 2 is 1.58 bits per heavy atom. The SMILES string of the molecule is CC1Cc2ccccc2N1C(=O)COC(=O)CC(NC(=O)c1ccccc1)c1ccccc1. The molecule has 4 rings (SSSR count). The summed E-state index contributed by atoms with van der Waals surface area (Å²) in [6.45, 7) is 1.63. The van der Waals surface area contributed by atoms with E-state index < -0.39 is 12.0 Å². The fourth-order valence-electron chi connectivity index (χ4n) is 4.15. The van der Waals surface area contributed by atoms with E-state index in [4.69, 9.17) is 4.74 Å². The summed E-state index contributed by atoms with van der Waals surface area (Å²) in [5.74, 6) is -1.09. The molecule has 1 heterocycles. The predicted octanol–water partition coefficient (Wildman–Crippen LogP) is 4.07. The third-order valence-electron chi connectivity index (χ3n) is 5.75. The molecule has 0 saturated heterocycles.